The Balaban J connectivity index is 0.000000397. The van der Waals surface area contributed by atoms with Gasteiger partial charge in [0.15, 0.2) is 0 Å². The Morgan fingerprint density at radius 3 is 1.10 bits per heavy atom. The molecule has 11 nitrogen and oxygen atoms in total. The van der Waals surface area contributed by atoms with Crippen molar-refractivity contribution in [3.8, 4) is 0 Å². The van der Waals surface area contributed by atoms with Crippen LogP contribution in [0.2, 0.25) is 6.55 Å². The van der Waals surface area contributed by atoms with Crippen molar-refractivity contribution in [1.29, 1.82) is 0 Å². The Kier molecular flexibility index (Phi) is 19.6. The fourth-order valence-electron chi connectivity index (χ4n) is 4.15. The number of methoxy groups -OCH3 is 1. The van der Waals surface area contributed by atoms with Gasteiger partial charge in [-0.15, -0.1) is 0 Å². The molecule has 0 aromatic heterocycles. The lowest BCUT2D eigenvalue weighted by molar-refractivity contribution is 0.169. The van der Waals surface area contributed by atoms with Crippen LogP contribution >= 0.6 is 0 Å². The summed E-state index contributed by atoms with van der Waals surface area (Å²) in [6.07, 6.45) is -0.0880. The van der Waals surface area contributed by atoms with Crippen molar-refractivity contribution in [1.82, 2.24) is 20.3 Å². The molecule has 0 aliphatic heterocycles. The SMILES string of the molecule is CC(C)(C)N[SiH](NC(C)(C)C)NC(C)(C)C.COC(=O)NC[Si](C)(OC)OC.c1ccc(N[SiH](Nc2ccccc2)Nc2ccccc2)cc1. The van der Waals surface area contributed by atoms with E-state index in [9.17, 15) is 4.79 Å². The highest BCUT2D eigenvalue weighted by atomic mass is 28.4. The maximum atomic E-state index is 10.7. The van der Waals surface area contributed by atoms with E-state index in [1.54, 1.807) is 14.2 Å². The van der Waals surface area contributed by atoms with E-state index < -0.39 is 33.2 Å². The molecule has 0 heterocycles. The Bertz CT molecular complexity index is 1180. The molecule has 3 aromatic rings. The summed E-state index contributed by atoms with van der Waals surface area (Å²) in [6, 6.07) is 30.8. The number of benzene rings is 3. The van der Waals surface area contributed by atoms with Gasteiger partial charge in [-0.1, -0.05) is 54.6 Å². The van der Waals surface area contributed by atoms with Gasteiger partial charge in [-0.2, -0.15) is 0 Å². The molecule has 7 N–H and O–H groups in total. The van der Waals surface area contributed by atoms with Crippen LogP contribution in [0.25, 0.3) is 0 Å². The number of carbonyl (C=O) groups excluding carboxylic acids is 1. The summed E-state index contributed by atoms with van der Waals surface area (Å²) in [5.74, 6) is 0. The topological polar surface area (TPSA) is 129 Å². The first-order valence-electron chi connectivity index (χ1n) is 17.0. The number of amides is 1. The van der Waals surface area contributed by atoms with Crippen molar-refractivity contribution in [2.45, 2.75) is 85.5 Å². The van der Waals surface area contributed by atoms with Crippen molar-refractivity contribution in [3.63, 3.8) is 0 Å². The third-order valence-corrected chi connectivity index (χ3v) is 14.5. The standard InChI is InChI=1S/C18H19N3Si.C12H31N3Si.C6H15NO4Si/c1-4-10-16(11-5-1)19-22(20-17-12-6-2-7-13-17)21-18-14-8-3-9-15-18;1-10(2,3)13-16(14-11(4,5)6)15-12(7,8)9;1-9-6(8)7-5-12(4,10-2)11-3/h1-15,19-22H;13-16H,1-9H3;5H2,1-4H3,(H,7,8). The first-order valence-corrected chi connectivity index (χ1v) is 23.0. The van der Waals surface area contributed by atoms with E-state index in [1.165, 1.54) is 7.11 Å². The first-order chi connectivity index (χ1) is 23.3. The van der Waals surface area contributed by atoms with Gasteiger partial charge >= 0.3 is 23.9 Å². The number of carbonyl (C=O) groups is 1. The number of anilines is 3. The van der Waals surface area contributed by atoms with Crippen LogP contribution in [0.15, 0.2) is 91.0 Å². The van der Waals surface area contributed by atoms with E-state index in [2.05, 4.69) is 139 Å². The van der Waals surface area contributed by atoms with Gasteiger partial charge in [-0.3, -0.25) is 0 Å². The molecule has 3 aromatic carbocycles. The molecule has 0 saturated carbocycles. The first kappa shape index (κ1) is 44.8. The van der Waals surface area contributed by atoms with Crippen LogP contribution in [0.1, 0.15) is 62.3 Å². The number of rotatable bonds is 13. The van der Waals surface area contributed by atoms with Crippen molar-refractivity contribution in [2.24, 2.45) is 0 Å². The van der Waals surface area contributed by atoms with Crippen molar-refractivity contribution >= 4 is 50.3 Å². The van der Waals surface area contributed by atoms with Crippen LogP contribution in [-0.4, -0.2) is 77.3 Å². The van der Waals surface area contributed by atoms with Crippen LogP contribution < -0.4 is 35.2 Å². The molecule has 0 spiro atoms. The third kappa shape index (κ3) is 22.5. The number of para-hydroxylation sites is 3. The molecule has 0 radical (unpaired) electrons. The summed E-state index contributed by atoms with van der Waals surface area (Å²) < 4.78 is 14.7. The Hall–Kier alpha value is -3.22. The highest BCUT2D eigenvalue weighted by molar-refractivity contribution is 6.69. The molecular formula is C36H65N7O4Si3. The molecule has 0 aliphatic rings. The quantitative estimate of drug-likeness (QED) is 0.102. The minimum Gasteiger partial charge on any atom is -0.453 e. The Morgan fingerprint density at radius 2 is 0.860 bits per heavy atom. The molecule has 0 saturated heterocycles. The van der Waals surface area contributed by atoms with Crippen LogP contribution in [0.5, 0.6) is 0 Å². The van der Waals surface area contributed by atoms with E-state index in [0.29, 0.717) is 6.17 Å². The van der Waals surface area contributed by atoms with Crippen LogP contribution in [-0.2, 0) is 13.6 Å². The molecule has 0 unspecified atom stereocenters. The number of nitrogens with one attached hydrogen (secondary N) is 7. The van der Waals surface area contributed by atoms with Crippen molar-refractivity contribution in [2.75, 3.05) is 42.4 Å². The summed E-state index contributed by atoms with van der Waals surface area (Å²) in [5, 5.41) is 2.53. The Morgan fingerprint density at radius 1 is 0.560 bits per heavy atom. The van der Waals surface area contributed by atoms with E-state index in [0.717, 1.165) is 17.1 Å². The lowest BCUT2D eigenvalue weighted by Crippen LogP contribution is -2.70. The zero-order chi connectivity index (χ0) is 37.8. The van der Waals surface area contributed by atoms with Crippen molar-refractivity contribution in [3.05, 3.63) is 91.0 Å². The molecule has 1 amide bonds. The monoisotopic (exact) mass is 743 g/mol. The van der Waals surface area contributed by atoms with Gasteiger partial charge in [0.05, 0.1) is 13.3 Å². The maximum absolute atomic E-state index is 10.7. The highest BCUT2D eigenvalue weighted by Crippen LogP contribution is 2.13. The normalized spacial score (nSPS) is 11.8. The molecule has 0 aliphatic carbocycles. The van der Waals surface area contributed by atoms with E-state index in [1.807, 2.05) is 61.1 Å². The molecule has 3 rings (SSSR count). The molecule has 280 valence electrons. The summed E-state index contributed by atoms with van der Waals surface area (Å²) >= 11 is 0. The second-order valence-corrected chi connectivity index (χ2v) is 21.9. The molecule has 0 fully saturated rings. The van der Waals surface area contributed by atoms with Gasteiger partial charge in [0, 0.05) is 47.9 Å². The largest absolute Gasteiger partial charge is 0.453 e. The molecule has 0 atom stereocenters. The molecule has 50 heavy (non-hydrogen) atoms. The number of hydrogen-bond acceptors (Lipinski definition) is 10. The van der Waals surface area contributed by atoms with Crippen LogP contribution in [0.3, 0.4) is 0 Å². The smallest absolute Gasteiger partial charge is 0.406 e. The predicted molar refractivity (Wildman–Crippen MR) is 219 cm³/mol. The van der Waals surface area contributed by atoms with Gasteiger partial charge in [-0.25, -0.2) is 4.79 Å². The fourth-order valence-corrected chi connectivity index (χ4v) is 9.68. The fraction of sp³-hybridized carbons (Fsp3) is 0.472. The zero-order valence-corrected chi connectivity index (χ0v) is 36.0. The minimum absolute atomic E-state index is 0.146. The molecule has 14 heteroatoms. The number of ether oxygens (including phenoxy) is 1. The zero-order valence-electron chi connectivity index (χ0n) is 32.7. The Labute approximate surface area is 307 Å². The van der Waals surface area contributed by atoms with Crippen LogP contribution in [0.4, 0.5) is 21.9 Å². The summed E-state index contributed by atoms with van der Waals surface area (Å²) in [5.41, 5.74) is 3.79. The number of hydrogen-bond donors (Lipinski definition) is 7. The van der Waals surface area contributed by atoms with E-state index >= 15 is 0 Å². The molecular weight excluding hydrogens is 679 g/mol. The van der Waals surface area contributed by atoms with E-state index in [-0.39, 0.29) is 16.6 Å². The van der Waals surface area contributed by atoms with Gasteiger partial charge in [0.25, 0.3) is 9.28 Å². The number of alkyl carbamates (subject to hydrolysis) is 1. The highest BCUT2D eigenvalue weighted by Gasteiger charge is 2.29. The van der Waals surface area contributed by atoms with Crippen molar-refractivity contribution < 1.29 is 18.4 Å². The molecule has 0 bridgehead atoms. The lowest BCUT2D eigenvalue weighted by atomic mass is 10.1. The van der Waals surface area contributed by atoms with Gasteiger partial charge < -0.3 is 48.8 Å². The lowest BCUT2D eigenvalue weighted by Gasteiger charge is -2.37. The van der Waals surface area contributed by atoms with Gasteiger partial charge in [0.1, 0.15) is 0 Å². The van der Waals surface area contributed by atoms with Crippen LogP contribution in [0, 0.1) is 0 Å². The minimum atomic E-state index is -2.19. The second-order valence-electron chi connectivity index (χ2n) is 15.0. The third-order valence-electron chi connectivity index (χ3n) is 6.59. The van der Waals surface area contributed by atoms with E-state index in [4.69, 9.17) is 8.85 Å². The maximum Gasteiger partial charge on any atom is 0.406 e. The predicted octanol–water partition coefficient (Wildman–Crippen LogP) is 6.15. The second kappa shape index (κ2) is 21.9. The summed E-state index contributed by atoms with van der Waals surface area (Å²) in [4.78, 5) is 32.5. The van der Waals surface area contributed by atoms with Gasteiger partial charge in [0.2, 0.25) is 0 Å². The summed E-state index contributed by atoms with van der Waals surface area (Å²) in [6.45, 7) is 21.7. The summed E-state index contributed by atoms with van der Waals surface area (Å²) in [7, 11) is -0.769. The average molecular weight is 744 g/mol. The average Bonchev–Trinajstić information content (AvgIpc) is 3.03. The van der Waals surface area contributed by atoms with Gasteiger partial charge in [-0.05, 0) is 105 Å².